The van der Waals surface area contributed by atoms with Crippen LogP contribution >= 0.6 is 11.6 Å². The molecule has 11 heavy (non-hydrogen) atoms. The van der Waals surface area contributed by atoms with Crippen molar-refractivity contribution in [3.05, 3.63) is 23.2 Å². The molecule has 0 aliphatic heterocycles. The van der Waals surface area contributed by atoms with Gasteiger partial charge in [0.2, 0.25) is 0 Å². The summed E-state index contributed by atoms with van der Waals surface area (Å²) in [6.07, 6.45) is 0. The molecule has 0 aliphatic rings. The van der Waals surface area contributed by atoms with Crippen molar-refractivity contribution in [2.75, 3.05) is 0 Å². The molecule has 4 nitrogen and oxygen atoms in total. The molecule has 0 unspecified atom stereocenters. The van der Waals surface area contributed by atoms with Crippen LogP contribution in [0, 0.1) is 0 Å². The van der Waals surface area contributed by atoms with E-state index in [4.69, 9.17) is 16.8 Å². The maximum absolute atomic E-state index is 8.80. The molecule has 1 aromatic heterocycles. The van der Waals surface area contributed by atoms with Crippen LogP contribution in [0.2, 0.25) is 5.02 Å². The molecule has 2 rings (SSSR count). The van der Waals surface area contributed by atoms with E-state index in [1.807, 2.05) is 0 Å². The maximum atomic E-state index is 8.80. The van der Waals surface area contributed by atoms with E-state index in [1.165, 1.54) is 0 Å². The van der Waals surface area contributed by atoms with E-state index >= 15 is 0 Å². The van der Waals surface area contributed by atoms with Crippen molar-refractivity contribution in [1.82, 2.24) is 15.2 Å². The molecule has 1 heterocycles. The molecule has 0 radical (unpaired) electrons. The SMILES string of the molecule is On1nc2ccc(Cl)cc2n1. The first kappa shape index (κ1) is 6.42. The Morgan fingerprint density at radius 2 is 2.00 bits per heavy atom. The van der Waals surface area contributed by atoms with Crippen LogP contribution in [0.25, 0.3) is 11.0 Å². The zero-order chi connectivity index (χ0) is 7.84. The summed E-state index contributed by atoms with van der Waals surface area (Å²) in [5.41, 5.74) is 1.21. The lowest BCUT2D eigenvalue weighted by Crippen LogP contribution is -1.92. The van der Waals surface area contributed by atoms with E-state index in [-0.39, 0.29) is 0 Å². The van der Waals surface area contributed by atoms with E-state index in [2.05, 4.69) is 10.2 Å². The minimum absolute atomic E-state index is 0.529. The molecule has 0 saturated carbocycles. The molecule has 0 saturated heterocycles. The topological polar surface area (TPSA) is 50.9 Å². The second-order valence-electron chi connectivity index (χ2n) is 2.10. The second kappa shape index (κ2) is 2.10. The van der Waals surface area contributed by atoms with E-state index in [0.717, 1.165) is 0 Å². The molecule has 0 aliphatic carbocycles. The lowest BCUT2D eigenvalue weighted by atomic mass is 10.3. The van der Waals surface area contributed by atoms with Gasteiger partial charge < -0.3 is 5.21 Å². The molecule has 0 spiro atoms. The lowest BCUT2D eigenvalue weighted by molar-refractivity contribution is 0.113. The van der Waals surface area contributed by atoms with Crippen LogP contribution in [0.4, 0.5) is 0 Å². The zero-order valence-electron chi connectivity index (χ0n) is 5.40. The highest BCUT2D eigenvalue weighted by molar-refractivity contribution is 6.31. The van der Waals surface area contributed by atoms with Gasteiger partial charge in [0.25, 0.3) is 0 Å². The van der Waals surface area contributed by atoms with Gasteiger partial charge in [-0.2, -0.15) is 0 Å². The number of hydrogen-bond donors (Lipinski definition) is 1. The van der Waals surface area contributed by atoms with Crippen LogP contribution in [0.5, 0.6) is 0 Å². The van der Waals surface area contributed by atoms with Gasteiger partial charge in [-0.3, -0.25) is 0 Å². The molecular weight excluding hydrogens is 166 g/mol. The molecule has 2 aromatic rings. The first-order valence-electron chi connectivity index (χ1n) is 2.97. The minimum atomic E-state index is 0.529. The fraction of sp³-hybridized carbons (Fsp3) is 0. The zero-order valence-corrected chi connectivity index (χ0v) is 6.15. The second-order valence-corrected chi connectivity index (χ2v) is 2.54. The van der Waals surface area contributed by atoms with Crippen LogP contribution in [0.15, 0.2) is 18.2 Å². The fourth-order valence-electron chi connectivity index (χ4n) is 0.876. The van der Waals surface area contributed by atoms with Gasteiger partial charge in [-0.05, 0) is 23.2 Å². The Labute approximate surface area is 67.0 Å². The fourth-order valence-corrected chi connectivity index (χ4v) is 1.04. The lowest BCUT2D eigenvalue weighted by Gasteiger charge is -1.84. The Hall–Kier alpha value is -1.29. The maximum Gasteiger partial charge on any atom is 0.118 e. The average molecular weight is 170 g/mol. The van der Waals surface area contributed by atoms with Gasteiger partial charge in [-0.1, -0.05) is 11.6 Å². The normalized spacial score (nSPS) is 10.6. The van der Waals surface area contributed by atoms with Crippen molar-refractivity contribution in [3.63, 3.8) is 0 Å². The van der Waals surface area contributed by atoms with Gasteiger partial charge in [0.15, 0.2) is 0 Å². The summed E-state index contributed by atoms with van der Waals surface area (Å²) in [7, 11) is 0. The van der Waals surface area contributed by atoms with Gasteiger partial charge in [-0.25, -0.2) is 0 Å². The first-order chi connectivity index (χ1) is 5.25. The first-order valence-corrected chi connectivity index (χ1v) is 3.35. The smallest absolute Gasteiger partial charge is 0.118 e. The van der Waals surface area contributed by atoms with Crippen molar-refractivity contribution in [1.29, 1.82) is 0 Å². The van der Waals surface area contributed by atoms with Gasteiger partial charge in [0.1, 0.15) is 11.0 Å². The summed E-state index contributed by atoms with van der Waals surface area (Å²) in [5, 5.41) is 16.7. The highest BCUT2D eigenvalue weighted by atomic mass is 35.5. The van der Waals surface area contributed by atoms with Crippen LogP contribution in [0.3, 0.4) is 0 Å². The summed E-state index contributed by atoms with van der Waals surface area (Å²) in [6.45, 7) is 0. The number of aromatic nitrogens is 3. The van der Waals surface area contributed by atoms with Crippen LogP contribution in [-0.2, 0) is 0 Å². The predicted molar refractivity (Wildman–Crippen MR) is 39.7 cm³/mol. The highest BCUT2D eigenvalue weighted by Gasteiger charge is 2.00. The summed E-state index contributed by atoms with van der Waals surface area (Å²) in [5.74, 6) is 0. The number of hydrogen-bond acceptors (Lipinski definition) is 3. The van der Waals surface area contributed by atoms with Gasteiger partial charge >= 0.3 is 0 Å². The third-order valence-corrected chi connectivity index (χ3v) is 1.57. The number of benzene rings is 1. The molecule has 5 heteroatoms. The summed E-state index contributed by atoms with van der Waals surface area (Å²) >= 11 is 5.67. The van der Waals surface area contributed by atoms with Crippen molar-refractivity contribution in [2.45, 2.75) is 0 Å². The quantitative estimate of drug-likeness (QED) is 0.606. The van der Waals surface area contributed by atoms with Crippen molar-refractivity contribution < 1.29 is 5.21 Å². The van der Waals surface area contributed by atoms with Crippen LogP contribution in [0.1, 0.15) is 0 Å². The standard InChI is InChI=1S/C6H4ClN3O/c7-4-1-2-5-6(3-4)9-10(11)8-5/h1-3,11H. The van der Waals surface area contributed by atoms with Gasteiger partial charge in [0.05, 0.1) is 0 Å². The molecule has 1 aromatic carbocycles. The Kier molecular flexibility index (Phi) is 1.22. The largest absolute Gasteiger partial charge is 0.396 e. The van der Waals surface area contributed by atoms with Gasteiger partial charge in [-0.15, -0.1) is 10.2 Å². The monoisotopic (exact) mass is 169 g/mol. The molecule has 0 atom stereocenters. The van der Waals surface area contributed by atoms with E-state index < -0.39 is 0 Å². The Morgan fingerprint density at radius 3 is 2.82 bits per heavy atom. The number of fused-ring (bicyclic) bond motifs is 1. The minimum Gasteiger partial charge on any atom is -0.396 e. The van der Waals surface area contributed by atoms with Crippen molar-refractivity contribution in [3.8, 4) is 0 Å². The van der Waals surface area contributed by atoms with Crippen LogP contribution in [-0.4, -0.2) is 20.4 Å². The van der Waals surface area contributed by atoms with Crippen LogP contribution < -0.4 is 0 Å². The Morgan fingerprint density at radius 1 is 1.27 bits per heavy atom. The molecule has 0 amide bonds. The number of rotatable bonds is 0. The van der Waals surface area contributed by atoms with E-state index in [1.54, 1.807) is 18.2 Å². The average Bonchev–Trinajstić information content (AvgIpc) is 2.27. The molecular formula is C6H4ClN3O. The summed E-state index contributed by atoms with van der Waals surface area (Å²) in [6, 6.07) is 5.02. The summed E-state index contributed by atoms with van der Waals surface area (Å²) in [4.78, 5) is 0.529. The predicted octanol–water partition coefficient (Wildman–Crippen LogP) is 1.32. The third-order valence-electron chi connectivity index (χ3n) is 1.33. The number of halogens is 1. The third kappa shape index (κ3) is 1.01. The van der Waals surface area contributed by atoms with E-state index in [9.17, 15) is 0 Å². The number of nitrogens with zero attached hydrogens (tertiary/aromatic N) is 3. The Bertz CT molecular complexity index is 398. The van der Waals surface area contributed by atoms with E-state index in [0.29, 0.717) is 21.0 Å². The molecule has 1 N–H and O–H groups in total. The molecule has 0 bridgehead atoms. The van der Waals surface area contributed by atoms with Crippen molar-refractivity contribution >= 4 is 22.6 Å². The van der Waals surface area contributed by atoms with Gasteiger partial charge in [0, 0.05) is 5.02 Å². The molecule has 56 valence electrons. The Balaban J connectivity index is 2.82. The molecule has 0 fully saturated rings. The highest BCUT2D eigenvalue weighted by Crippen LogP contribution is 2.14. The van der Waals surface area contributed by atoms with Crippen molar-refractivity contribution in [2.24, 2.45) is 0 Å². The summed E-state index contributed by atoms with van der Waals surface area (Å²) < 4.78 is 0.